The van der Waals surface area contributed by atoms with Crippen molar-refractivity contribution >= 4 is 12.6 Å². The smallest absolute Gasteiger partial charge is 0.399 e. The molecule has 3 rings (SSSR count). The molecule has 2 aromatic rings. The van der Waals surface area contributed by atoms with Gasteiger partial charge in [-0.15, -0.1) is 0 Å². The largest absolute Gasteiger partial charge is 0.498 e. The highest BCUT2D eigenvalue weighted by Crippen LogP contribution is 2.36. The molecule has 0 amide bonds. The van der Waals surface area contributed by atoms with E-state index in [0.717, 1.165) is 23.2 Å². The van der Waals surface area contributed by atoms with Gasteiger partial charge >= 0.3 is 13.3 Å². The summed E-state index contributed by atoms with van der Waals surface area (Å²) in [5, 5.41) is 4.34. The summed E-state index contributed by atoms with van der Waals surface area (Å²) in [6.07, 6.45) is -0.857. The lowest BCUT2D eigenvalue weighted by atomic mass is 9.82. The van der Waals surface area contributed by atoms with E-state index >= 15 is 0 Å². The topological polar surface area (TPSA) is 36.3 Å². The fourth-order valence-electron chi connectivity index (χ4n) is 2.77. The minimum atomic E-state index is -4.34. The number of alkyl halides is 3. The van der Waals surface area contributed by atoms with Crippen LogP contribution in [0.15, 0.2) is 36.7 Å². The van der Waals surface area contributed by atoms with Crippen molar-refractivity contribution in [2.24, 2.45) is 0 Å². The van der Waals surface area contributed by atoms with Crippen LogP contribution in [0, 0.1) is 0 Å². The lowest BCUT2D eigenvalue weighted by molar-refractivity contribution is -0.137. The average Bonchev–Trinajstić information content (AvgIpc) is 3.09. The van der Waals surface area contributed by atoms with Crippen LogP contribution >= 0.6 is 0 Å². The molecule has 0 N–H and O–H groups in total. The van der Waals surface area contributed by atoms with Crippen molar-refractivity contribution in [3.8, 4) is 0 Å². The van der Waals surface area contributed by atoms with Gasteiger partial charge in [-0.05, 0) is 52.3 Å². The molecule has 0 spiro atoms. The first-order valence-electron chi connectivity index (χ1n) is 8.47. The second-order valence-electron chi connectivity index (χ2n) is 7.64. The van der Waals surface area contributed by atoms with Crippen LogP contribution in [0.4, 0.5) is 13.2 Å². The number of aromatic nitrogens is 2. The van der Waals surface area contributed by atoms with Crippen molar-refractivity contribution in [1.29, 1.82) is 0 Å². The van der Waals surface area contributed by atoms with Gasteiger partial charge < -0.3 is 9.31 Å². The van der Waals surface area contributed by atoms with Gasteiger partial charge in [0.1, 0.15) is 0 Å². The van der Waals surface area contributed by atoms with E-state index in [1.54, 1.807) is 10.9 Å². The fraction of sp³-hybridized carbons (Fsp3) is 0.500. The van der Waals surface area contributed by atoms with Crippen molar-refractivity contribution in [1.82, 2.24) is 9.78 Å². The van der Waals surface area contributed by atoms with E-state index in [0.29, 0.717) is 0 Å². The summed E-state index contributed by atoms with van der Waals surface area (Å²) >= 11 is 0. The summed E-state index contributed by atoms with van der Waals surface area (Å²) in [5.74, 6) is 0. The van der Waals surface area contributed by atoms with Gasteiger partial charge in [0.25, 0.3) is 0 Å². The predicted molar refractivity (Wildman–Crippen MR) is 93.2 cm³/mol. The van der Waals surface area contributed by atoms with E-state index in [1.807, 2.05) is 40.8 Å². The molecular formula is C18H22BF3N2O2. The number of halogens is 3. The Hall–Kier alpha value is -1.80. The molecule has 1 aromatic carbocycles. The van der Waals surface area contributed by atoms with Crippen molar-refractivity contribution < 1.29 is 22.5 Å². The van der Waals surface area contributed by atoms with Gasteiger partial charge in [0, 0.05) is 17.9 Å². The third-order valence-electron chi connectivity index (χ3n) is 5.26. The molecule has 1 aliphatic rings. The highest BCUT2D eigenvalue weighted by molar-refractivity contribution is 6.62. The van der Waals surface area contributed by atoms with E-state index in [2.05, 4.69) is 5.10 Å². The SMILES string of the molecule is CC(c1ccc(C(F)(F)F)cc1)n1cc(B2OC(C)(C)C(C)(C)O2)cn1. The van der Waals surface area contributed by atoms with Crippen LogP contribution in [0.1, 0.15) is 51.8 Å². The molecule has 140 valence electrons. The van der Waals surface area contributed by atoms with Crippen molar-refractivity contribution in [2.45, 2.75) is 58.0 Å². The monoisotopic (exact) mass is 366 g/mol. The quantitative estimate of drug-likeness (QED) is 0.776. The minimum absolute atomic E-state index is 0.214. The molecular weight excluding hydrogens is 344 g/mol. The Labute approximate surface area is 151 Å². The van der Waals surface area contributed by atoms with Crippen molar-refractivity contribution in [2.75, 3.05) is 0 Å². The average molecular weight is 366 g/mol. The van der Waals surface area contributed by atoms with Gasteiger partial charge in [0.05, 0.1) is 22.8 Å². The van der Waals surface area contributed by atoms with Gasteiger partial charge in [-0.25, -0.2) is 0 Å². The van der Waals surface area contributed by atoms with Gasteiger partial charge in [0.2, 0.25) is 0 Å². The molecule has 0 bridgehead atoms. The summed E-state index contributed by atoms with van der Waals surface area (Å²) in [6.45, 7) is 9.78. The molecule has 1 unspecified atom stereocenters. The minimum Gasteiger partial charge on any atom is -0.399 e. The molecule has 4 nitrogen and oxygen atoms in total. The Balaban J connectivity index is 1.78. The maximum absolute atomic E-state index is 12.7. The molecule has 26 heavy (non-hydrogen) atoms. The number of hydrogen-bond acceptors (Lipinski definition) is 3. The normalized spacial score (nSPS) is 20.4. The Morgan fingerprint density at radius 3 is 2.08 bits per heavy atom. The number of rotatable bonds is 3. The Morgan fingerprint density at radius 1 is 1.04 bits per heavy atom. The van der Waals surface area contributed by atoms with E-state index in [1.165, 1.54) is 12.1 Å². The van der Waals surface area contributed by atoms with E-state index in [4.69, 9.17) is 9.31 Å². The highest BCUT2D eigenvalue weighted by Gasteiger charge is 2.52. The van der Waals surface area contributed by atoms with Crippen LogP contribution in [-0.4, -0.2) is 28.1 Å². The third kappa shape index (κ3) is 3.40. The first kappa shape index (κ1) is 19.0. The van der Waals surface area contributed by atoms with E-state index in [-0.39, 0.29) is 6.04 Å². The van der Waals surface area contributed by atoms with Crippen LogP contribution in [0.5, 0.6) is 0 Å². The van der Waals surface area contributed by atoms with Gasteiger partial charge in [-0.1, -0.05) is 12.1 Å². The molecule has 0 aliphatic carbocycles. The second kappa shape index (κ2) is 6.13. The maximum Gasteiger partial charge on any atom is 0.498 e. The Kier molecular flexibility index (Phi) is 4.47. The maximum atomic E-state index is 12.7. The molecule has 1 atom stereocenters. The number of hydrogen-bond donors (Lipinski definition) is 0. The molecule has 0 saturated carbocycles. The zero-order valence-corrected chi connectivity index (χ0v) is 15.5. The van der Waals surface area contributed by atoms with Gasteiger partial charge in [0.15, 0.2) is 0 Å². The fourth-order valence-corrected chi connectivity index (χ4v) is 2.77. The highest BCUT2D eigenvalue weighted by atomic mass is 19.4. The van der Waals surface area contributed by atoms with Crippen LogP contribution in [0.2, 0.25) is 0 Å². The number of nitrogens with zero attached hydrogens (tertiary/aromatic N) is 2. The molecule has 0 radical (unpaired) electrons. The van der Waals surface area contributed by atoms with Crippen LogP contribution in [-0.2, 0) is 15.5 Å². The van der Waals surface area contributed by atoms with Gasteiger partial charge in [-0.2, -0.15) is 18.3 Å². The molecule has 8 heteroatoms. The molecule has 1 saturated heterocycles. The predicted octanol–water partition coefficient (Wildman–Crippen LogP) is 3.81. The van der Waals surface area contributed by atoms with E-state index < -0.39 is 30.1 Å². The third-order valence-corrected chi connectivity index (χ3v) is 5.26. The van der Waals surface area contributed by atoms with Gasteiger partial charge in [-0.3, -0.25) is 4.68 Å². The van der Waals surface area contributed by atoms with Crippen LogP contribution in [0.25, 0.3) is 0 Å². The first-order valence-corrected chi connectivity index (χ1v) is 8.47. The summed E-state index contributed by atoms with van der Waals surface area (Å²) < 4.78 is 51.8. The molecule has 1 fully saturated rings. The lowest BCUT2D eigenvalue weighted by Crippen LogP contribution is -2.41. The zero-order valence-electron chi connectivity index (χ0n) is 15.5. The summed E-state index contributed by atoms with van der Waals surface area (Å²) in [4.78, 5) is 0. The van der Waals surface area contributed by atoms with E-state index in [9.17, 15) is 13.2 Å². The second-order valence-corrected chi connectivity index (χ2v) is 7.64. The molecule has 1 aromatic heterocycles. The van der Waals surface area contributed by atoms with Crippen molar-refractivity contribution in [3.05, 3.63) is 47.8 Å². The summed E-state index contributed by atoms with van der Waals surface area (Å²) in [5.41, 5.74) is -0.0340. The Morgan fingerprint density at radius 2 is 1.58 bits per heavy atom. The lowest BCUT2D eigenvalue weighted by Gasteiger charge is -2.32. The summed E-state index contributed by atoms with van der Waals surface area (Å²) in [6, 6.07) is 4.91. The number of benzene rings is 1. The molecule has 2 heterocycles. The van der Waals surface area contributed by atoms with Crippen LogP contribution in [0.3, 0.4) is 0 Å². The summed E-state index contributed by atoms with van der Waals surface area (Å²) in [7, 11) is -0.520. The molecule has 1 aliphatic heterocycles. The zero-order chi connectivity index (χ0) is 19.3. The first-order chi connectivity index (χ1) is 11.9. The standard InChI is InChI=1S/C18H22BF3N2O2/c1-12(13-6-8-14(9-7-13)18(20,21)22)24-11-15(10-23-24)19-25-16(2,3)17(4,5)26-19/h6-12H,1-5H3. The van der Waals surface area contributed by atoms with Crippen LogP contribution < -0.4 is 5.46 Å². The van der Waals surface area contributed by atoms with Crippen molar-refractivity contribution in [3.63, 3.8) is 0 Å². The Bertz CT molecular complexity index is 768.